The zero-order chi connectivity index (χ0) is 28.6. The van der Waals surface area contributed by atoms with Gasteiger partial charge in [-0.3, -0.25) is 9.88 Å². The van der Waals surface area contributed by atoms with Crippen LogP contribution in [0, 0.1) is 6.92 Å². The predicted molar refractivity (Wildman–Crippen MR) is 117 cm³/mol. The zero-order valence-corrected chi connectivity index (χ0v) is 20.1. The summed E-state index contributed by atoms with van der Waals surface area (Å²) >= 11 is 0. The lowest BCUT2D eigenvalue weighted by Crippen LogP contribution is -2.65. The summed E-state index contributed by atoms with van der Waals surface area (Å²) in [6.45, 7) is 6.25. The Morgan fingerprint density at radius 1 is 1.11 bits per heavy atom. The minimum Gasteiger partial charge on any atom is -0.475 e. The molecule has 1 unspecified atom stereocenters. The first kappa shape index (κ1) is 31.1. The Kier molecular flexibility index (Phi) is 10.7. The van der Waals surface area contributed by atoms with Gasteiger partial charge in [0.25, 0.3) is 0 Å². The Hall–Kier alpha value is -3.17. The molecule has 2 aromatic heterocycles. The van der Waals surface area contributed by atoms with Crippen LogP contribution in [0.1, 0.15) is 29.8 Å². The number of alkyl halides is 6. The summed E-state index contributed by atoms with van der Waals surface area (Å²) in [5, 5.41) is 14.2. The van der Waals surface area contributed by atoms with Gasteiger partial charge in [-0.25, -0.2) is 9.59 Å². The van der Waals surface area contributed by atoms with E-state index in [0.717, 1.165) is 50.5 Å². The molecule has 0 saturated carbocycles. The molecular weight excluding hydrogens is 530 g/mol. The molecule has 2 aromatic rings. The van der Waals surface area contributed by atoms with Gasteiger partial charge >= 0.3 is 24.3 Å². The number of carboxylic acid groups (broad SMARTS) is 2. The van der Waals surface area contributed by atoms with Crippen LogP contribution >= 0.6 is 0 Å². The molecule has 4 rings (SSSR count). The van der Waals surface area contributed by atoms with E-state index >= 15 is 0 Å². The van der Waals surface area contributed by atoms with Crippen molar-refractivity contribution < 1.29 is 60.0 Å². The Morgan fingerprint density at radius 3 is 2.21 bits per heavy atom. The number of nitrogens with zero attached hydrogens (tertiary/aromatic N) is 2. The third kappa shape index (κ3) is 10.3. The van der Waals surface area contributed by atoms with Crippen molar-refractivity contribution in [2.75, 3.05) is 19.7 Å². The minimum absolute atomic E-state index is 0.0211. The van der Waals surface area contributed by atoms with E-state index in [2.05, 4.69) is 9.88 Å². The monoisotopic (exact) mass is 556 g/mol. The Labute approximate surface area is 213 Å². The number of likely N-dealkylation sites (tertiary alicyclic amines) is 1. The van der Waals surface area contributed by atoms with Gasteiger partial charge < -0.3 is 24.1 Å². The first-order chi connectivity index (χ1) is 17.6. The molecule has 2 aliphatic heterocycles. The number of hydrogen-bond acceptors (Lipinski definition) is 7. The van der Waals surface area contributed by atoms with Crippen molar-refractivity contribution in [3.63, 3.8) is 0 Å². The van der Waals surface area contributed by atoms with Crippen LogP contribution < -0.4 is 0 Å². The fraction of sp³-hybridized carbons (Fsp3) is 0.522. The first-order valence-electron chi connectivity index (χ1n) is 11.1. The normalized spacial score (nSPS) is 18.9. The van der Waals surface area contributed by atoms with Crippen molar-refractivity contribution in [3.05, 3.63) is 53.7 Å². The van der Waals surface area contributed by atoms with E-state index in [1.807, 2.05) is 37.5 Å². The number of hydrogen-bond donors (Lipinski definition) is 2. The van der Waals surface area contributed by atoms with Crippen molar-refractivity contribution in [2.45, 2.75) is 57.0 Å². The molecule has 0 radical (unpaired) electrons. The molecule has 0 amide bonds. The first-order valence-corrected chi connectivity index (χ1v) is 11.1. The van der Waals surface area contributed by atoms with Crippen LogP contribution in [0.3, 0.4) is 0 Å². The third-order valence-electron chi connectivity index (χ3n) is 5.36. The van der Waals surface area contributed by atoms with E-state index < -0.39 is 24.3 Å². The van der Waals surface area contributed by atoms with Gasteiger partial charge in [0.1, 0.15) is 0 Å². The van der Waals surface area contributed by atoms with Crippen molar-refractivity contribution in [1.29, 1.82) is 0 Å². The van der Waals surface area contributed by atoms with Gasteiger partial charge in [-0.15, -0.1) is 0 Å². The number of carboxylic acids is 2. The van der Waals surface area contributed by atoms with E-state index in [1.54, 1.807) is 6.26 Å². The van der Waals surface area contributed by atoms with Crippen LogP contribution in [-0.4, -0.2) is 75.8 Å². The highest BCUT2D eigenvalue weighted by Crippen LogP contribution is 2.36. The van der Waals surface area contributed by atoms with E-state index in [-0.39, 0.29) is 11.7 Å². The predicted octanol–water partition coefficient (Wildman–Crippen LogP) is 4.20. The standard InChI is InChI=1S/C19H24N2O3.2C2HF3O2/c1-15-3-2-4-17(20-15)12-23-18-6-8-24-19(9-18)13-21(14-19)10-16-5-7-22-11-16;2*3-2(4,5)1(6)7/h2-5,7,11,18H,6,8-10,12-14H2,1H3;2*(H,6,7). The van der Waals surface area contributed by atoms with Crippen LogP contribution in [0.2, 0.25) is 0 Å². The number of aromatic nitrogens is 1. The number of aryl methyl sites for hydroxylation is 1. The molecule has 0 aliphatic carbocycles. The molecule has 2 N–H and O–H groups in total. The van der Waals surface area contributed by atoms with E-state index in [0.29, 0.717) is 6.61 Å². The summed E-state index contributed by atoms with van der Waals surface area (Å²) < 4.78 is 80.8. The number of ether oxygens (including phenoxy) is 2. The highest BCUT2D eigenvalue weighted by molar-refractivity contribution is 5.73. The lowest BCUT2D eigenvalue weighted by Gasteiger charge is -2.53. The average Bonchev–Trinajstić information content (AvgIpc) is 3.30. The van der Waals surface area contributed by atoms with Crippen LogP contribution in [0.4, 0.5) is 26.3 Å². The second-order valence-electron chi connectivity index (χ2n) is 8.61. The molecule has 212 valence electrons. The summed E-state index contributed by atoms with van der Waals surface area (Å²) in [5.41, 5.74) is 3.24. The van der Waals surface area contributed by atoms with Crippen LogP contribution in [0.25, 0.3) is 0 Å². The van der Waals surface area contributed by atoms with Crippen LogP contribution in [0.15, 0.2) is 41.2 Å². The maximum Gasteiger partial charge on any atom is 0.490 e. The fourth-order valence-electron chi connectivity index (χ4n) is 3.75. The molecule has 4 heterocycles. The summed E-state index contributed by atoms with van der Waals surface area (Å²) in [7, 11) is 0. The van der Waals surface area contributed by atoms with Gasteiger partial charge in [0.2, 0.25) is 0 Å². The summed E-state index contributed by atoms with van der Waals surface area (Å²) in [6, 6.07) is 8.09. The SMILES string of the molecule is Cc1cccc(COC2CCOC3(C2)CN(Cc2ccoc2)C3)n1.O=C(O)C(F)(F)F.O=C(O)C(F)(F)F. The molecule has 38 heavy (non-hydrogen) atoms. The van der Waals surface area contributed by atoms with Gasteiger partial charge in [0.15, 0.2) is 0 Å². The lowest BCUT2D eigenvalue weighted by molar-refractivity contribution is -0.200. The second kappa shape index (κ2) is 13.1. The lowest BCUT2D eigenvalue weighted by atomic mass is 9.84. The van der Waals surface area contributed by atoms with Crippen molar-refractivity contribution in [2.24, 2.45) is 0 Å². The summed E-state index contributed by atoms with van der Waals surface area (Å²) in [5.74, 6) is -5.51. The van der Waals surface area contributed by atoms with Crippen LogP contribution in [-0.2, 0) is 32.2 Å². The van der Waals surface area contributed by atoms with Crippen molar-refractivity contribution in [3.8, 4) is 0 Å². The largest absolute Gasteiger partial charge is 0.490 e. The van der Waals surface area contributed by atoms with Gasteiger partial charge in [-0.05, 0) is 31.5 Å². The fourth-order valence-corrected chi connectivity index (χ4v) is 3.75. The number of rotatable bonds is 5. The Morgan fingerprint density at radius 2 is 1.71 bits per heavy atom. The molecule has 9 nitrogen and oxygen atoms in total. The molecule has 2 fully saturated rings. The van der Waals surface area contributed by atoms with Gasteiger partial charge in [0.05, 0.1) is 36.5 Å². The van der Waals surface area contributed by atoms with E-state index in [9.17, 15) is 26.3 Å². The highest BCUT2D eigenvalue weighted by atomic mass is 19.4. The minimum atomic E-state index is -5.08. The maximum absolute atomic E-state index is 10.6. The quantitative estimate of drug-likeness (QED) is 0.522. The summed E-state index contributed by atoms with van der Waals surface area (Å²) in [4.78, 5) is 24.7. The van der Waals surface area contributed by atoms with Crippen LogP contribution in [0.5, 0.6) is 0 Å². The zero-order valence-electron chi connectivity index (χ0n) is 20.1. The second-order valence-corrected chi connectivity index (χ2v) is 8.61. The van der Waals surface area contributed by atoms with Crippen molar-refractivity contribution in [1.82, 2.24) is 9.88 Å². The number of pyridine rings is 1. The Balaban J connectivity index is 0.000000301. The maximum atomic E-state index is 10.6. The van der Waals surface area contributed by atoms with Gasteiger partial charge in [-0.2, -0.15) is 26.3 Å². The smallest absolute Gasteiger partial charge is 0.475 e. The molecule has 1 spiro atoms. The number of carbonyl (C=O) groups is 2. The number of furan rings is 1. The van der Waals surface area contributed by atoms with E-state index in [1.165, 1.54) is 5.56 Å². The van der Waals surface area contributed by atoms with E-state index in [4.69, 9.17) is 33.7 Å². The topological polar surface area (TPSA) is 122 Å². The Bertz CT molecular complexity index is 1010. The number of aliphatic carboxylic acids is 2. The third-order valence-corrected chi connectivity index (χ3v) is 5.36. The molecular formula is C23H26F6N2O7. The number of halogens is 6. The van der Waals surface area contributed by atoms with Gasteiger partial charge in [0, 0.05) is 43.9 Å². The molecule has 0 aromatic carbocycles. The molecule has 2 aliphatic rings. The average molecular weight is 556 g/mol. The molecule has 0 bridgehead atoms. The molecule has 2 saturated heterocycles. The van der Waals surface area contributed by atoms with Gasteiger partial charge in [-0.1, -0.05) is 6.07 Å². The molecule has 1 atom stereocenters. The summed E-state index contributed by atoms with van der Waals surface area (Å²) in [6.07, 6.45) is -4.42. The molecule has 15 heteroatoms. The highest BCUT2D eigenvalue weighted by Gasteiger charge is 2.47. The van der Waals surface area contributed by atoms with Crippen molar-refractivity contribution >= 4 is 11.9 Å².